The number of hydrogen-bond acceptors (Lipinski definition) is 4. The van der Waals surface area contributed by atoms with Gasteiger partial charge < -0.3 is 4.74 Å². The van der Waals surface area contributed by atoms with Crippen LogP contribution in [0.25, 0.3) is 0 Å². The summed E-state index contributed by atoms with van der Waals surface area (Å²) in [6.45, 7) is 6.04. The van der Waals surface area contributed by atoms with Crippen molar-refractivity contribution in [1.82, 2.24) is 14.9 Å². The minimum atomic E-state index is 0.500. The van der Waals surface area contributed by atoms with E-state index in [2.05, 4.69) is 14.9 Å². The maximum absolute atomic E-state index is 6.02. The van der Waals surface area contributed by atoms with E-state index in [9.17, 15) is 0 Å². The van der Waals surface area contributed by atoms with Crippen LogP contribution >= 0.6 is 11.6 Å². The zero-order chi connectivity index (χ0) is 12.8. The molecule has 0 unspecified atom stereocenters. The van der Waals surface area contributed by atoms with Gasteiger partial charge in [-0.15, -0.1) is 0 Å². The lowest BCUT2D eigenvalue weighted by Gasteiger charge is -2.26. The van der Waals surface area contributed by atoms with E-state index in [1.54, 1.807) is 0 Å². The van der Waals surface area contributed by atoms with Crippen LogP contribution in [0, 0.1) is 0 Å². The molecule has 0 amide bonds. The summed E-state index contributed by atoms with van der Waals surface area (Å²) in [4.78, 5) is 10.6. The lowest BCUT2D eigenvalue weighted by Crippen LogP contribution is -2.33. The van der Waals surface area contributed by atoms with Crippen molar-refractivity contribution in [2.75, 3.05) is 26.2 Å². The highest BCUT2D eigenvalue weighted by atomic mass is 35.5. The van der Waals surface area contributed by atoms with Gasteiger partial charge in [0.05, 0.1) is 5.56 Å². The summed E-state index contributed by atoms with van der Waals surface area (Å²) in [6, 6.07) is 0. The highest BCUT2D eigenvalue weighted by molar-refractivity contribution is 6.30. The van der Waals surface area contributed by atoms with Gasteiger partial charge in [-0.3, -0.25) is 4.90 Å². The van der Waals surface area contributed by atoms with E-state index in [0.29, 0.717) is 17.6 Å². The summed E-state index contributed by atoms with van der Waals surface area (Å²) in [7, 11) is 0. The van der Waals surface area contributed by atoms with E-state index in [1.165, 1.54) is 38.7 Å². The summed E-state index contributed by atoms with van der Waals surface area (Å²) in [5, 5.41) is 0.500. The highest BCUT2D eigenvalue weighted by Gasteiger charge is 2.12. The number of rotatable bonds is 5. The maximum atomic E-state index is 6.02. The van der Waals surface area contributed by atoms with E-state index < -0.39 is 0 Å². The van der Waals surface area contributed by atoms with Crippen LogP contribution in [-0.4, -0.2) is 41.1 Å². The monoisotopic (exact) mass is 269 g/mol. The molecule has 1 aromatic heterocycles. The van der Waals surface area contributed by atoms with Crippen molar-refractivity contribution in [1.29, 1.82) is 0 Å². The van der Waals surface area contributed by atoms with Gasteiger partial charge in [-0.25, -0.2) is 9.97 Å². The van der Waals surface area contributed by atoms with E-state index in [-0.39, 0.29) is 0 Å². The quantitative estimate of drug-likeness (QED) is 0.770. The number of hydrogen-bond donors (Lipinski definition) is 0. The summed E-state index contributed by atoms with van der Waals surface area (Å²) in [5.74, 6) is 0.634. The maximum Gasteiger partial charge on any atom is 0.221 e. The Morgan fingerprint density at radius 3 is 2.78 bits per heavy atom. The lowest BCUT2D eigenvalue weighted by atomic mass is 10.1. The third-order valence-corrected chi connectivity index (χ3v) is 3.63. The number of halogens is 1. The molecule has 0 atom stereocenters. The number of ether oxygens (including phenoxy) is 1. The number of likely N-dealkylation sites (tertiary alicyclic amines) is 1. The van der Waals surface area contributed by atoms with Crippen LogP contribution in [0.15, 0.2) is 6.33 Å². The van der Waals surface area contributed by atoms with Crippen molar-refractivity contribution >= 4 is 11.6 Å². The summed E-state index contributed by atoms with van der Waals surface area (Å²) >= 11 is 6.02. The van der Waals surface area contributed by atoms with Crippen molar-refractivity contribution in [3.63, 3.8) is 0 Å². The number of aromatic nitrogens is 2. The van der Waals surface area contributed by atoms with Crippen LogP contribution in [-0.2, 0) is 6.42 Å². The van der Waals surface area contributed by atoms with Gasteiger partial charge in [0, 0.05) is 6.54 Å². The molecule has 1 aromatic rings. The Hall–Kier alpha value is -0.870. The first-order valence-electron chi connectivity index (χ1n) is 6.65. The summed E-state index contributed by atoms with van der Waals surface area (Å²) in [6.07, 6.45) is 6.22. The Morgan fingerprint density at radius 1 is 1.28 bits per heavy atom. The van der Waals surface area contributed by atoms with E-state index in [4.69, 9.17) is 16.3 Å². The minimum Gasteiger partial charge on any atom is -0.476 e. The first-order valence-corrected chi connectivity index (χ1v) is 7.03. The fraction of sp³-hybridized carbons (Fsp3) is 0.692. The molecule has 0 aromatic carbocycles. The van der Waals surface area contributed by atoms with Gasteiger partial charge in [0.25, 0.3) is 0 Å². The van der Waals surface area contributed by atoms with Crippen molar-refractivity contribution in [2.45, 2.75) is 32.6 Å². The van der Waals surface area contributed by atoms with Gasteiger partial charge in [0.15, 0.2) is 0 Å². The molecule has 2 rings (SSSR count). The van der Waals surface area contributed by atoms with Crippen LogP contribution in [0.5, 0.6) is 5.88 Å². The molecule has 18 heavy (non-hydrogen) atoms. The Balaban J connectivity index is 1.84. The smallest absolute Gasteiger partial charge is 0.221 e. The molecule has 1 aliphatic rings. The van der Waals surface area contributed by atoms with E-state index >= 15 is 0 Å². The normalized spacial score (nSPS) is 16.8. The Bertz CT molecular complexity index is 380. The molecule has 0 aliphatic carbocycles. The van der Waals surface area contributed by atoms with Crippen molar-refractivity contribution in [3.05, 3.63) is 17.0 Å². The fourth-order valence-corrected chi connectivity index (χ4v) is 2.51. The average Bonchev–Trinajstić information content (AvgIpc) is 2.40. The van der Waals surface area contributed by atoms with Crippen LogP contribution in [0.2, 0.25) is 5.15 Å². The second kappa shape index (κ2) is 6.90. The first-order chi connectivity index (χ1) is 8.81. The number of nitrogens with zero attached hydrogens (tertiary/aromatic N) is 3. The predicted octanol–water partition coefficient (Wildman–Crippen LogP) is 2.56. The van der Waals surface area contributed by atoms with Crippen LogP contribution in [0.1, 0.15) is 31.7 Å². The van der Waals surface area contributed by atoms with Gasteiger partial charge >= 0.3 is 0 Å². The van der Waals surface area contributed by atoms with E-state index in [1.807, 2.05) is 6.92 Å². The number of piperidine rings is 1. The van der Waals surface area contributed by atoms with Crippen molar-refractivity contribution in [2.24, 2.45) is 0 Å². The van der Waals surface area contributed by atoms with Crippen LogP contribution in [0.3, 0.4) is 0 Å². The zero-order valence-corrected chi connectivity index (χ0v) is 11.6. The molecule has 1 fully saturated rings. The zero-order valence-electron chi connectivity index (χ0n) is 10.9. The van der Waals surface area contributed by atoms with E-state index in [0.717, 1.165) is 18.5 Å². The second-order valence-corrected chi connectivity index (χ2v) is 4.91. The Morgan fingerprint density at radius 2 is 2.06 bits per heavy atom. The molecule has 1 aliphatic heterocycles. The third-order valence-electron chi connectivity index (χ3n) is 3.30. The SMILES string of the molecule is CCc1c(Cl)ncnc1OCCN1CCCCC1. The molecule has 0 radical (unpaired) electrons. The average molecular weight is 270 g/mol. The minimum absolute atomic E-state index is 0.500. The van der Waals surface area contributed by atoms with Gasteiger partial charge in [0.2, 0.25) is 5.88 Å². The largest absolute Gasteiger partial charge is 0.476 e. The molecule has 0 saturated carbocycles. The molecular formula is C13H20ClN3O. The molecule has 0 N–H and O–H groups in total. The van der Waals surface area contributed by atoms with Crippen LogP contribution in [0.4, 0.5) is 0 Å². The van der Waals surface area contributed by atoms with Gasteiger partial charge in [-0.1, -0.05) is 24.9 Å². The van der Waals surface area contributed by atoms with Crippen molar-refractivity contribution in [3.8, 4) is 5.88 Å². The van der Waals surface area contributed by atoms with Crippen molar-refractivity contribution < 1.29 is 4.74 Å². The molecule has 0 bridgehead atoms. The van der Waals surface area contributed by atoms with Gasteiger partial charge in [0.1, 0.15) is 18.1 Å². The lowest BCUT2D eigenvalue weighted by molar-refractivity contribution is 0.179. The standard InChI is InChI=1S/C13H20ClN3O/c1-2-11-12(14)15-10-16-13(11)18-9-8-17-6-4-3-5-7-17/h10H,2-9H2,1H3. The molecule has 5 heteroatoms. The first kappa shape index (κ1) is 13.6. The molecular weight excluding hydrogens is 250 g/mol. The Labute approximate surface area is 113 Å². The highest BCUT2D eigenvalue weighted by Crippen LogP contribution is 2.22. The molecule has 0 spiro atoms. The molecule has 100 valence electrons. The third kappa shape index (κ3) is 3.56. The molecule has 4 nitrogen and oxygen atoms in total. The Kier molecular flexibility index (Phi) is 5.20. The van der Waals surface area contributed by atoms with Gasteiger partial charge in [-0.2, -0.15) is 0 Å². The van der Waals surface area contributed by atoms with Crippen LogP contribution < -0.4 is 4.74 Å². The molecule has 1 saturated heterocycles. The predicted molar refractivity (Wildman–Crippen MR) is 72.2 cm³/mol. The topological polar surface area (TPSA) is 38.3 Å². The molecule has 2 heterocycles. The fourth-order valence-electron chi connectivity index (χ4n) is 2.25. The summed E-state index contributed by atoms with van der Waals surface area (Å²) < 4.78 is 5.73. The summed E-state index contributed by atoms with van der Waals surface area (Å²) in [5.41, 5.74) is 0.901. The second-order valence-electron chi connectivity index (χ2n) is 4.55. The van der Waals surface area contributed by atoms with Gasteiger partial charge in [-0.05, 0) is 32.4 Å².